The van der Waals surface area contributed by atoms with Crippen molar-refractivity contribution in [2.45, 2.75) is 38.5 Å². The third-order valence-corrected chi connectivity index (χ3v) is 6.72. The number of nitrogens with one attached hydrogen (secondary N) is 1. The summed E-state index contributed by atoms with van der Waals surface area (Å²) in [6.45, 7) is 0.454. The summed E-state index contributed by atoms with van der Waals surface area (Å²) in [6, 6.07) is 5.02. The minimum absolute atomic E-state index is 0.0299. The van der Waals surface area contributed by atoms with Gasteiger partial charge in [-0.05, 0) is 37.5 Å². The molecule has 23 heavy (non-hydrogen) atoms. The van der Waals surface area contributed by atoms with Crippen LogP contribution in [0.1, 0.15) is 38.5 Å². The summed E-state index contributed by atoms with van der Waals surface area (Å²) in [5.74, 6) is 0.257. The maximum Gasteiger partial charge on any atom is 0.235 e. The quantitative estimate of drug-likeness (QED) is 0.902. The minimum Gasteiger partial charge on any atom is -0.326 e. The van der Waals surface area contributed by atoms with Gasteiger partial charge in [0, 0.05) is 18.2 Å². The van der Waals surface area contributed by atoms with Crippen molar-refractivity contribution in [3.8, 4) is 0 Å². The number of halogens is 1. The lowest BCUT2D eigenvalue weighted by Gasteiger charge is -2.22. The van der Waals surface area contributed by atoms with E-state index in [2.05, 4.69) is 5.32 Å². The number of anilines is 2. The molecule has 2 fully saturated rings. The Kier molecular flexibility index (Phi) is 4.82. The third kappa shape index (κ3) is 3.63. The van der Waals surface area contributed by atoms with E-state index in [0.717, 1.165) is 25.7 Å². The van der Waals surface area contributed by atoms with Gasteiger partial charge in [-0.25, -0.2) is 8.42 Å². The van der Waals surface area contributed by atoms with E-state index in [1.807, 2.05) is 0 Å². The molecule has 1 aliphatic heterocycles. The van der Waals surface area contributed by atoms with Crippen molar-refractivity contribution in [3.05, 3.63) is 23.2 Å². The highest BCUT2D eigenvalue weighted by atomic mass is 35.5. The molecule has 0 bridgehead atoms. The number of hydrogen-bond acceptors (Lipinski definition) is 3. The van der Waals surface area contributed by atoms with E-state index in [9.17, 15) is 13.2 Å². The van der Waals surface area contributed by atoms with Gasteiger partial charge in [-0.3, -0.25) is 9.10 Å². The topological polar surface area (TPSA) is 66.5 Å². The maximum atomic E-state index is 12.3. The van der Waals surface area contributed by atoms with Crippen LogP contribution in [0.5, 0.6) is 0 Å². The number of carbonyl (C=O) groups is 1. The van der Waals surface area contributed by atoms with Crippen LogP contribution >= 0.6 is 11.6 Å². The van der Waals surface area contributed by atoms with Gasteiger partial charge in [0.25, 0.3) is 0 Å². The monoisotopic (exact) mass is 356 g/mol. The summed E-state index contributed by atoms with van der Waals surface area (Å²) < 4.78 is 25.3. The fraction of sp³-hybridized carbons (Fsp3) is 0.562. The van der Waals surface area contributed by atoms with E-state index in [-0.39, 0.29) is 17.6 Å². The van der Waals surface area contributed by atoms with E-state index < -0.39 is 10.0 Å². The van der Waals surface area contributed by atoms with Gasteiger partial charge in [0.2, 0.25) is 15.9 Å². The largest absolute Gasteiger partial charge is 0.326 e. The molecule has 1 saturated carbocycles. The highest BCUT2D eigenvalue weighted by Crippen LogP contribution is 2.33. The summed E-state index contributed by atoms with van der Waals surface area (Å²) >= 11 is 6.25. The Bertz CT molecular complexity index is 699. The van der Waals surface area contributed by atoms with Crippen molar-refractivity contribution < 1.29 is 13.2 Å². The van der Waals surface area contributed by atoms with E-state index in [4.69, 9.17) is 11.6 Å². The van der Waals surface area contributed by atoms with Crippen LogP contribution in [0, 0.1) is 5.92 Å². The SMILES string of the molecule is O=C(Nc1ccc(N2CCCS2(=O)=O)c(Cl)c1)C1CCCCC1. The van der Waals surface area contributed by atoms with Crippen molar-refractivity contribution in [1.82, 2.24) is 0 Å². The van der Waals surface area contributed by atoms with Crippen molar-refractivity contribution >= 4 is 38.9 Å². The lowest BCUT2D eigenvalue weighted by molar-refractivity contribution is -0.120. The van der Waals surface area contributed by atoms with Crippen LogP contribution in [-0.2, 0) is 14.8 Å². The molecule has 0 radical (unpaired) electrons. The Morgan fingerprint density at radius 3 is 2.52 bits per heavy atom. The zero-order chi connectivity index (χ0) is 16.4. The molecule has 0 spiro atoms. The predicted molar refractivity (Wildman–Crippen MR) is 92.4 cm³/mol. The molecule has 7 heteroatoms. The van der Waals surface area contributed by atoms with E-state index >= 15 is 0 Å². The molecule has 1 saturated heterocycles. The summed E-state index contributed by atoms with van der Waals surface area (Å²) in [6.07, 6.45) is 5.88. The smallest absolute Gasteiger partial charge is 0.235 e. The molecule has 126 valence electrons. The van der Waals surface area contributed by atoms with Crippen LogP contribution in [0.15, 0.2) is 18.2 Å². The molecule has 2 aliphatic rings. The minimum atomic E-state index is -3.25. The first-order valence-corrected chi connectivity index (χ1v) is 10.1. The van der Waals surface area contributed by atoms with Crippen molar-refractivity contribution in [1.29, 1.82) is 0 Å². The predicted octanol–water partition coefficient (Wildman–Crippen LogP) is 3.40. The van der Waals surface area contributed by atoms with Crippen molar-refractivity contribution in [2.75, 3.05) is 21.9 Å². The number of hydrogen-bond donors (Lipinski definition) is 1. The molecule has 1 aromatic rings. The van der Waals surface area contributed by atoms with Crippen LogP contribution in [0.2, 0.25) is 5.02 Å². The third-order valence-electron chi connectivity index (χ3n) is 4.56. The molecule has 1 heterocycles. The average molecular weight is 357 g/mol. The van der Waals surface area contributed by atoms with Gasteiger partial charge >= 0.3 is 0 Å². The molecule has 0 aromatic heterocycles. The number of carbonyl (C=O) groups excluding carboxylic acids is 1. The standard InChI is InChI=1S/C16H21ClN2O3S/c17-14-11-13(18-16(20)12-5-2-1-3-6-12)7-8-15(14)19-9-4-10-23(19,21)22/h7-8,11-12H,1-6,9-10H2,(H,18,20). The summed E-state index contributed by atoms with van der Waals surface area (Å²) in [4.78, 5) is 12.3. The molecule has 0 atom stereocenters. The van der Waals surface area contributed by atoms with Crippen LogP contribution < -0.4 is 9.62 Å². The molecule has 1 aliphatic carbocycles. The van der Waals surface area contributed by atoms with E-state index in [1.54, 1.807) is 18.2 Å². The Balaban J connectivity index is 1.73. The first kappa shape index (κ1) is 16.6. The lowest BCUT2D eigenvalue weighted by atomic mass is 9.88. The first-order chi connectivity index (χ1) is 11.0. The van der Waals surface area contributed by atoms with Crippen LogP contribution in [-0.4, -0.2) is 26.6 Å². The number of rotatable bonds is 3. The number of benzene rings is 1. The van der Waals surface area contributed by atoms with Gasteiger partial charge in [0.15, 0.2) is 0 Å². The van der Waals surface area contributed by atoms with Gasteiger partial charge < -0.3 is 5.32 Å². The zero-order valence-electron chi connectivity index (χ0n) is 12.9. The van der Waals surface area contributed by atoms with Gasteiger partial charge in [0.1, 0.15) is 0 Å². The summed E-state index contributed by atoms with van der Waals surface area (Å²) in [7, 11) is -3.25. The number of sulfonamides is 1. The summed E-state index contributed by atoms with van der Waals surface area (Å²) in [5.41, 5.74) is 1.10. The van der Waals surface area contributed by atoms with Gasteiger partial charge in [0.05, 0.1) is 16.5 Å². The Morgan fingerprint density at radius 1 is 1.17 bits per heavy atom. The second-order valence-electron chi connectivity index (χ2n) is 6.23. The summed E-state index contributed by atoms with van der Waals surface area (Å²) in [5, 5.41) is 3.24. The number of amides is 1. The normalized spacial score (nSPS) is 21.3. The Morgan fingerprint density at radius 2 is 1.91 bits per heavy atom. The van der Waals surface area contributed by atoms with Crippen molar-refractivity contribution in [2.24, 2.45) is 5.92 Å². The van der Waals surface area contributed by atoms with E-state index in [1.165, 1.54) is 10.7 Å². The highest BCUT2D eigenvalue weighted by Gasteiger charge is 2.30. The molecule has 1 amide bonds. The highest BCUT2D eigenvalue weighted by molar-refractivity contribution is 7.93. The fourth-order valence-corrected chi connectivity index (χ4v) is 5.22. The van der Waals surface area contributed by atoms with E-state index in [0.29, 0.717) is 29.4 Å². The maximum absolute atomic E-state index is 12.3. The van der Waals surface area contributed by atoms with Crippen LogP contribution in [0.4, 0.5) is 11.4 Å². The fourth-order valence-electron chi connectivity index (χ4n) is 3.31. The van der Waals surface area contributed by atoms with Gasteiger partial charge in [-0.2, -0.15) is 0 Å². The van der Waals surface area contributed by atoms with Crippen LogP contribution in [0.25, 0.3) is 0 Å². The molecule has 5 nitrogen and oxygen atoms in total. The molecule has 1 N–H and O–H groups in total. The molecule has 3 rings (SSSR count). The average Bonchev–Trinajstić information content (AvgIpc) is 2.87. The zero-order valence-corrected chi connectivity index (χ0v) is 14.5. The lowest BCUT2D eigenvalue weighted by Crippen LogP contribution is -2.26. The van der Waals surface area contributed by atoms with Crippen LogP contribution in [0.3, 0.4) is 0 Å². The van der Waals surface area contributed by atoms with Gasteiger partial charge in [-0.15, -0.1) is 0 Å². The Hall–Kier alpha value is -1.27. The second-order valence-corrected chi connectivity index (χ2v) is 8.65. The molecular formula is C16H21ClN2O3S. The van der Waals surface area contributed by atoms with Gasteiger partial charge in [-0.1, -0.05) is 30.9 Å². The molecular weight excluding hydrogens is 336 g/mol. The number of nitrogens with zero attached hydrogens (tertiary/aromatic N) is 1. The second kappa shape index (κ2) is 6.69. The molecule has 1 aromatic carbocycles. The first-order valence-electron chi connectivity index (χ1n) is 8.08. The Labute approximate surface area is 142 Å². The molecule has 0 unspecified atom stereocenters. The van der Waals surface area contributed by atoms with Crippen molar-refractivity contribution in [3.63, 3.8) is 0 Å².